The van der Waals surface area contributed by atoms with Gasteiger partial charge < -0.3 is 14.1 Å². The second-order valence-electron chi connectivity index (χ2n) is 5.94. The van der Waals surface area contributed by atoms with Gasteiger partial charge in [0, 0.05) is 5.92 Å². The number of aromatic nitrogens is 4. The molecule has 1 aliphatic rings. The molecule has 25 heavy (non-hydrogen) atoms. The molecule has 0 radical (unpaired) electrons. The minimum Gasteiger partial charge on any atom is -0.494 e. The van der Waals surface area contributed by atoms with Crippen LogP contribution in [0.2, 0.25) is 0 Å². The molecule has 0 unspecified atom stereocenters. The quantitative estimate of drug-likeness (QED) is 0.721. The summed E-state index contributed by atoms with van der Waals surface area (Å²) in [5.74, 6) is 1.86. The van der Waals surface area contributed by atoms with Crippen molar-refractivity contribution in [3.8, 4) is 5.75 Å². The van der Waals surface area contributed by atoms with Gasteiger partial charge in [0.15, 0.2) is 0 Å². The fraction of sp³-hybridized carbons (Fsp3) is 0.400. The first kappa shape index (κ1) is 15.9. The molecule has 0 saturated carbocycles. The van der Waals surface area contributed by atoms with E-state index in [1.807, 2.05) is 18.2 Å². The molecule has 10 heteroatoms. The first-order valence-electron chi connectivity index (χ1n) is 7.87. The van der Waals surface area contributed by atoms with Gasteiger partial charge in [0.2, 0.25) is 11.8 Å². The molecule has 0 bridgehead atoms. The zero-order chi connectivity index (χ0) is 17.4. The molecule has 1 aromatic carbocycles. The average molecular weight is 363 g/mol. The molecule has 0 atom stereocenters. The zero-order valence-electron chi connectivity index (χ0n) is 13.5. The van der Waals surface area contributed by atoms with E-state index in [0.29, 0.717) is 35.9 Å². The third-order valence-electron chi connectivity index (χ3n) is 4.27. The topological polar surface area (TPSA) is 123 Å². The number of hydrogen-bond acceptors (Lipinski definition) is 8. The van der Waals surface area contributed by atoms with Crippen molar-refractivity contribution in [1.82, 2.24) is 20.2 Å². The standard InChI is InChI=1S/C15H17N5O4S/c1-23-11-4-2-3-10-12(11)17-14(16-10)18-15-20-19-13(24-15)9-5-7-25(21,22)8-6-9/h2-4,9H,5-8H2,1H3,(H2,16,17,18,20). The third kappa shape index (κ3) is 3.16. The normalized spacial score (nSPS) is 17.6. The lowest BCUT2D eigenvalue weighted by atomic mass is 10.0. The predicted molar refractivity (Wildman–Crippen MR) is 90.9 cm³/mol. The van der Waals surface area contributed by atoms with Crippen LogP contribution in [0.3, 0.4) is 0 Å². The van der Waals surface area contributed by atoms with Crippen LogP contribution in [0.15, 0.2) is 22.6 Å². The molecule has 3 heterocycles. The molecule has 2 N–H and O–H groups in total. The van der Waals surface area contributed by atoms with Crippen LogP contribution in [-0.4, -0.2) is 47.2 Å². The highest BCUT2D eigenvalue weighted by atomic mass is 32.2. The highest BCUT2D eigenvalue weighted by Crippen LogP contribution is 2.30. The molecule has 0 amide bonds. The predicted octanol–water partition coefficient (Wildman–Crippen LogP) is 1.99. The molecule has 0 aliphatic carbocycles. The van der Waals surface area contributed by atoms with Crippen molar-refractivity contribution in [3.05, 3.63) is 24.1 Å². The van der Waals surface area contributed by atoms with Crippen LogP contribution in [0, 0.1) is 0 Å². The maximum atomic E-state index is 11.5. The van der Waals surface area contributed by atoms with Gasteiger partial charge in [-0.2, -0.15) is 0 Å². The Hall–Kier alpha value is -2.62. The van der Waals surface area contributed by atoms with Crippen LogP contribution in [-0.2, 0) is 9.84 Å². The van der Waals surface area contributed by atoms with Gasteiger partial charge in [-0.15, -0.1) is 5.10 Å². The van der Waals surface area contributed by atoms with Crippen molar-refractivity contribution in [2.24, 2.45) is 0 Å². The first-order valence-corrected chi connectivity index (χ1v) is 9.70. The Morgan fingerprint density at radius 2 is 2.08 bits per heavy atom. The number of benzene rings is 1. The maximum absolute atomic E-state index is 11.5. The molecule has 1 aliphatic heterocycles. The summed E-state index contributed by atoms with van der Waals surface area (Å²) < 4.78 is 33.9. The zero-order valence-corrected chi connectivity index (χ0v) is 14.3. The summed E-state index contributed by atoms with van der Waals surface area (Å²) >= 11 is 0. The highest BCUT2D eigenvalue weighted by molar-refractivity contribution is 7.91. The van der Waals surface area contributed by atoms with Crippen LogP contribution >= 0.6 is 0 Å². The van der Waals surface area contributed by atoms with Gasteiger partial charge in [-0.05, 0) is 25.0 Å². The van der Waals surface area contributed by atoms with Crippen molar-refractivity contribution in [3.63, 3.8) is 0 Å². The van der Waals surface area contributed by atoms with E-state index in [9.17, 15) is 8.42 Å². The van der Waals surface area contributed by atoms with Crippen LogP contribution in [0.1, 0.15) is 24.7 Å². The SMILES string of the molecule is COc1cccc2[nH]c(Nc3nnc(C4CCS(=O)(=O)CC4)o3)nc12. The molecule has 3 aromatic rings. The summed E-state index contributed by atoms with van der Waals surface area (Å²) in [6, 6.07) is 5.79. The van der Waals surface area contributed by atoms with Crippen molar-refractivity contribution in [2.45, 2.75) is 18.8 Å². The van der Waals surface area contributed by atoms with E-state index in [1.54, 1.807) is 7.11 Å². The second-order valence-corrected chi connectivity index (χ2v) is 8.24. The Balaban J connectivity index is 1.52. The summed E-state index contributed by atoms with van der Waals surface area (Å²) in [4.78, 5) is 7.53. The second kappa shape index (κ2) is 6.03. The Morgan fingerprint density at radius 3 is 2.84 bits per heavy atom. The van der Waals surface area contributed by atoms with Crippen molar-refractivity contribution in [1.29, 1.82) is 0 Å². The van der Waals surface area contributed by atoms with Crippen LogP contribution in [0.4, 0.5) is 12.0 Å². The van der Waals surface area contributed by atoms with Gasteiger partial charge in [0.1, 0.15) is 21.1 Å². The largest absolute Gasteiger partial charge is 0.494 e. The number of hydrogen-bond donors (Lipinski definition) is 2. The molecule has 9 nitrogen and oxygen atoms in total. The van der Waals surface area contributed by atoms with Gasteiger partial charge in [0.05, 0.1) is 24.1 Å². The number of rotatable bonds is 4. The summed E-state index contributed by atoms with van der Waals surface area (Å²) in [5, 5.41) is 10.9. The van der Waals surface area contributed by atoms with Crippen LogP contribution in [0.25, 0.3) is 11.0 Å². The number of anilines is 2. The first-order chi connectivity index (χ1) is 12.0. The fourth-order valence-corrected chi connectivity index (χ4v) is 4.41. The lowest BCUT2D eigenvalue weighted by Gasteiger charge is -2.18. The molecule has 1 saturated heterocycles. The lowest BCUT2D eigenvalue weighted by Crippen LogP contribution is -2.22. The number of H-pyrrole nitrogens is 1. The Morgan fingerprint density at radius 1 is 1.28 bits per heavy atom. The van der Waals surface area contributed by atoms with Gasteiger partial charge in [0.25, 0.3) is 0 Å². The lowest BCUT2D eigenvalue weighted by molar-refractivity contribution is 0.419. The van der Waals surface area contributed by atoms with Crippen molar-refractivity contribution in [2.75, 3.05) is 23.9 Å². The third-order valence-corrected chi connectivity index (χ3v) is 5.98. The molecule has 132 valence electrons. The Labute approximate surface area is 143 Å². The number of imidazole rings is 1. The van der Waals surface area contributed by atoms with Gasteiger partial charge in [-0.3, -0.25) is 5.32 Å². The van der Waals surface area contributed by atoms with E-state index >= 15 is 0 Å². The van der Waals surface area contributed by atoms with Crippen LogP contribution < -0.4 is 10.1 Å². The van der Waals surface area contributed by atoms with Gasteiger partial charge in [-0.1, -0.05) is 11.2 Å². The molecule has 0 spiro atoms. The maximum Gasteiger partial charge on any atom is 0.322 e. The molecule has 2 aromatic heterocycles. The van der Waals surface area contributed by atoms with Gasteiger partial charge >= 0.3 is 6.01 Å². The monoisotopic (exact) mass is 363 g/mol. The average Bonchev–Trinajstić information content (AvgIpc) is 3.21. The molecular weight excluding hydrogens is 346 g/mol. The number of nitrogens with zero attached hydrogens (tertiary/aromatic N) is 3. The number of aromatic amines is 1. The van der Waals surface area contributed by atoms with E-state index in [2.05, 4.69) is 25.5 Å². The van der Waals surface area contributed by atoms with E-state index < -0.39 is 9.84 Å². The molecule has 4 rings (SSSR count). The minimum absolute atomic E-state index is 0.0256. The van der Waals surface area contributed by atoms with Crippen molar-refractivity contribution >= 4 is 32.8 Å². The van der Waals surface area contributed by atoms with Crippen molar-refractivity contribution < 1.29 is 17.6 Å². The number of para-hydroxylation sites is 1. The van der Waals surface area contributed by atoms with Gasteiger partial charge in [-0.25, -0.2) is 13.4 Å². The number of ether oxygens (including phenoxy) is 1. The summed E-state index contributed by atoms with van der Waals surface area (Å²) in [6.45, 7) is 0. The fourth-order valence-electron chi connectivity index (χ4n) is 2.92. The van der Waals surface area contributed by atoms with E-state index in [1.165, 1.54) is 0 Å². The van der Waals surface area contributed by atoms with E-state index in [0.717, 1.165) is 5.52 Å². The Kier molecular flexibility index (Phi) is 3.83. The minimum atomic E-state index is -2.92. The number of nitrogens with one attached hydrogen (secondary N) is 2. The highest BCUT2D eigenvalue weighted by Gasteiger charge is 2.28. The number of sulfone groups is 1. The number of fused-ring (bicyclic) bond motifs is 1. The summed E-state index contributed by atoms with van der Waals surface area (Å²) in [5.41, 5.74) is 1.52. The van der Waals surface area contributed by atoms with Crippen LogP contribution in [0.5, 0.6) is 5.75 Å². The summed E-state index contributed by atoms with van der Waals surface area (Å²) in [6.07, 6.45) is 1.01. The summed E-state index contributed by atoms with van der Waals surface area (Å²) in [7, 11) is -1.33. The molecular formula is C15H17N5O4S. The van der Waals surface area contributed by atoms with E-state index in [4.69, 9.17) is 9.15 Å². The number of methoxy groups -OCH3 is 1. The Bertz CT molecular complexity index is 996. The smallest absolute Gasteiger partial charge is 0.322 e. The molecule has 1 fully saturated rings. The van der Waals surface area contributed by atoms with E-state index in [-0.39, 0.29) is 23.4 Å².